The van der Waals surface area contributed by atoms with Crippen molar-refractivity contribution in [1.82, 2.24) is 25.1 Å². The average Bonchev–Trinajstić information content (AvgIpc) is 2.70. The fourth-order valence-electron chi connectivity index (χ4n) is 2.99. The van der Waals surface area contributed by atoms with Crippen LogP contribution in [0.2, 0.25) is 0 Å². The molecule has 0 atom stereocenters. The van der Waals surface area contributed by atoms with Gasteiger partial charge in [0, 0.05) is 58.4 Å². The average molecular weight is 364 g/mol. The Morgan fingerprint density at radius 2 is 1.58 bits per heavy atom. The second-order valence-corrected chi connectivity index (χ2v) is 6.38. The summed E-state index contributed by atoms with van der Waals surface area (Å²) in [6.07, 6.45) is 1.42. The van der Waals surface area contributed by atoms with Gasteiger partial charge < -0.3 is 20.1 Å². The quantitative estimate of drug-likeness (QED) is 0.625. The van der Waals surface area contributed by atoms with Gasteiger partial charge in [0.05, 0.1) is 26.4 Å². The van der Waals surface area contributed by atoms with E-state index in [1.54, 1.807) is 6.07 Å². The van der Waals surface area contributed by atoms with E-state index in [1.165, 1.54) is 6.33 Å². The fourth-order valence-corrected chi connectivity index (χ4v) is 2.99. The number of rotatable bonds is 8. The van der Waals surface area contributed by atoms with Crippen molar-refractivity contribution in [2.24, 2.45) is 0 Å². The van der Waals surface area contributed by atoms with Crippen LogP contribution >= 0.6 is 0 Å². The van der Waals surface area contributed by atoms with Crippen molar-refractivity contribution >= 4 is 11.7 Å². The van der Waals surface area contributed by atoms with Crippen molar-refractivity contribution in [3.63, 3.8) is 0 Å². The summed E-state index contributed by atoms with van der Waals surface area (Å²) in [6, 6.07) is 1.70. The van der Waals surface area contributed by atoms with Crippen LogP contribution < -0.4 is 10.6 Å². The topological polar surface area (TPSA) is 91.9 Å². The maximum Gasteiger partial charge on any atom is 0.270 e. The molecule has 1 aromatic heterocycles. The molecular formula is C17H28N6O3. The van der Waals surface area contributed by atoms with Crippen LogP contribution in [0.1, 0.15) is 10.5 Å². The predicted octanol–water partition coefficient (Wildman–Crippen LogP) is -0.717. The lowest BCUT2D eigenvalue weighted by molar-refractivity contribution is 0.0383. The molecule has 9 heteroatoms. The molecule has 2 fully saturated rings. The van der Waals surface area contributed by atoms with Crippen LogP contribution in [0.25, 0.3) is 0 Å². The van der Waals surface area contributed by atoms with E-state index in [9.17, 15) is 4.79 Å². The maximum absolute atomic E-state index is 12.3. The zero-order chi connectivity index (χ0) is 18.0. The number of aromatic nitrogens is 2. The van der Waals surface area contributed by atoms with Gasteiger partial charge in [-0.1, -0.05) is 0 Å². The van der Waals surface area contributed by atoms with Crippen LogP contribution in [-0.2, 0) is 9.47 Å². The first kappa shape index (κ1) is 19.0. The second kappa shape index (κ2) is 10.4. The summed E-state index contributed by atoms with van der Waals surface area (Å²) < 4.78 is 10.7. The van der Waals surface area contributed by atoms with Crippen molar-refractivity contribution in [3.05, 3.63) is 18.1 Å². The van der Waals surface area contributed by atoms with Crippen molar-refractivity contribution in [3.8, 4) is 0 Å². The van der Waals surface area contributed by atoms with E-state index in [1.807, 2.05) is 0 Å². The Bertz CT molecular complexity index is 561. The Hall–Kier alpha value is -1.81. The SMILES string of the molecule is O=C(NCCN1CCOCC1)c1cc(NCCN2CCOCC2)ncn1. The highest BCUT2D eigenvalue weighted by molar-refractivity contribution is 5.92. The highest BCUT2D eigenvalue weighted by atomic mass is 16.5. The van der Waals surface area contributed by atoms with Gasteiger partial charge in [-0.15, -0.1) is 0 Å². The molecule has 2 saturated heterocycles. The van der Waals surface area contributed by atoms with Gasteiger partial charge in [0.1, 0.15) is 17.8 Å². The van der Waals surface area contributed by atoms with Gasteiger partial charge in [-0.05, 0) is 0 Å². The number of nitrogens with zero attached hydrogens (tertiary/aromatic N) is 4. The highest BCUT2D eigenvalue weighted by Gasteiger charge is 2.13. The Morgan fingerprint density at radius 3 is 2.23 bits per heavy atom. The molecule has 1 amide bonds. The van der Waals surface area contributed by atoms with Crippen LogP contribution in [-0.4, -0.2) is 104 Å². The number of anilines is 1. The minimum atomic E-state index is -0.170. The van der Waals surface area contributed by atoms with Gasteiger partial charge in [0.2, 0.25) is 0 Å². The van der Waals surface area contributed by atoms with E-state index < -0.39 is 0 Å². The van der Waals surface area contributed by atoms with Crippen LogP contribution in [0.5, 0.6) is 0 Å². The van der Waals surface area contributed by atoms with Crippen LogP contribution in [0, 0.1) is 0 Å². The summed E-state index contributed by atoms with van der Waals surface area (Å²) >= 11 is 0. The first-order valence-corrected chi connectivity index (χ1v) is 9.25. The number of carbonyl (C=O) groups excluding carboxylic acids is 1. The first-order chi connectivity index (χ1) is 12.8. The van der Waals surface area contributed by atoms with Crippen molar-refractivity contribution in [2.45, 2.75) is 0 Å². The molecule has 3 heterocycles. The number of carbonyl (C=O) groups is 1. The third kappa shape index (κ3) is 6.17. The number of nitrogens with one attached hydrogen (secondary N) is 2. The third-order valence-corrected chi connectivity index (χ3v) is 4.55. The smallest absolute Gasteiger partial charge is 0.270 e. The molecule has 2 aliphatic heterocycles. The minimum Gasteiger partial charge on any atom is -0.379 e. The van der Waals surface area contributed by atoms with E-state index in [4.69, 9.17) is 9.47 Å². The monoisotopic (exact) mass is 364 g/mol. The summed E-state index contributed by atoms with van der Waals surface area (Å²) in [6.45, 7) is 9.99. The summed E-state index contributed by atoms with van der Waals surface area (Å²) in [5.74, 6) is 0.503. The van der Waals surface area contributed by atoms with Gasteiger partial charge in [0.15, 0.2) is 0 Å². The Kier molecular flexibility index (Phi) is 7.56. The fraction of sp³-hybridized carbons (Fsp3) is 0.706. The van der Waals surface area contributed by atoms with E-state index in [2.05, 4.69) is 30.4 Å². The van der Waals surface area contributed by atoms with Gasteiger partial charge in [-0.25, -0.2) is 9.97 Å². The van der Waals surface area contributed by atoms with Crippen molar-refractivity contribution < 1.29 is 14.3 Å². The number of hydrogen-bond donors (Lipinski definition) is 2. The molecular weight excluding hydrogens is 336 g/mol. The number of amides is 1. The lowest BCUT2D eigenvalue weighted by Crippen LogP contribution is -2.41. The van der Waals surface area contributed by atoms with E-state index in [-0.39, 0.29) is 5.91 Å². The minimum absolute atomic E-state index is 0.170. The molecule has 3 rings (SSSR count). The molecule has 9 nitrogen and oxygen atoms in total. The third-order valence-electron chi connectivity index (χ3n) is 4.55. The molecule has 0 aromatic carbocycles. The summed E-state index contributed by atoms with van der Waals surface area (Å²) in [4.78, 5) is 25.2. The summed E-state index contributed by atoms with van der Waals surface area (Å²) in [5.41, 5.74) is 0.385. The van der Waals surface area contributed by atoms with Gasteiger partial charge in [0.25, 0.3) is 5.91 Å². The van der Waals surface area contributed by atoms with Crippen LogP contribution in [0.4, 0.5) is 5.82 Å². The largest absolute Gasteiger partial charge is 0.379 e. The van der Waals surface area contributed by atoms with Crippen molar-refractivity contribution in [1.29, 1.82) is 0 Å². The molecule has 26 heavy (non-hydrogen) atoms. The molecule has 0 spiro atoms. The second-order valence-electron chi connectivity index (χ2n) is 6.38. The summed E-state index contributed by atoms with van der Waals surface area (Å²) in [7, 11) is 0. The maximum atomic E-state index is 12.3. The normalized spacial score (nSPS) is 19.2. The first-order valence-electron chi connectivity index (χ1n) is 9.25. The van der Waals surface area contributed by atoms with E-state index in [0.717, 1.165) is 72.2 Å². The predicted molar refractivity (Wildman–Crippen MR) is 97.4 cm³/mol. The van der Waals surface area contributed by atoms with Crippen LogP contribution in [0.15, 0.2) is 12.4 Å². The van der Waals surface area contributed by atoms with E-state index >= 15 is 0 Å². The lowest BCUT2D eigenvalue weighted by atomic mass is 10.3. The molecule has 0 aliphatic carbocycles. The zero-order valence-electron chi connectivity index (χ0n) is 15.2. The van der Waals surface area contributed by atoms with Crippen molar-refractivity contribution in [2.75, 3.05) is 84.1 Å². The van der Waals surface area contributed by atoms with Gasteiger partial charge >= 0.3 is 0 Å². The molecule has 1 aromatic rings. The Balaban J connectivity index is 1.38. The molecule has 2 N–H and O–H groups in total. The standard InChI is InChI=1S/C17H28N6O3/c24-17(19-2-4-23-7-11-26-12-8-23)15-13-16(21-14-20-15)18-1-3-22-5-9-25-10-6-22/h13-14H,1-12H2,(H,19,24)(H,18,20,21). The number of hydrogen-bond acceptors (Lipinski definition) is 8. The highest BCUT2D eigenvalue weighted by Crippen LogP contribution is 2.04. The summed E-state index contributed by atoms with van der Waals surface area (Å²) in [5, 5.41) is 6.18. The molecule has 144 valence electrons. The Labute approximate surface area is 154 Å². The van der Waals surface area contributed by atoms with Crippen LogP contribution in [0.3, 0.4) is 0 Å². The van der Waals surface area contributed by atoms with E-state index in [0.29, 0.717) is 18.1 Å². The lowest BCUT2D eigenvalue weighted by Gasteiger charge is -2.26. The number of ether oxygens (including phenoxy) is 2. The molecule has 0 bridgehead atoms. The molecule has 0 saturated carbocycles. The van der Waals surface area contributed by atoms with Gasteiger partial charge in [-0.3, -0.25) is 14.6 Å². The number of morpholine rings is 2. The Morgan fingerprint density at radius 1 is 0.962 bits per heavy atom. The molecule has 0 unspecified atom stereocenters. The zero-order valence-corrected chi connectivity index (χ0v) is 15.2. The molecule has 0 radical (unpaired) electrons. The molecule has 2 aliphatic rings. The van der Waals surface area contributed by atoms with Gasteiger partial charge in [-0.2, -0.15) is 0 Å².